The first-order valence-electron chi connectivity index (χ1n) is 4.63. The highest BCUT2D eigenvalue weighted by molar-refractivity contribution is 9.10. The molecule has 1 aromatic carbocycles. The third-order valence-electron chi connectivity index (χ3n) is 2.30. The summed E-state index contributed by atoms with van der Waals surface area (Å²) in [6.07, 6.45) is 2.07. The maximum Gasteiger partial charge on any atom is 0.305 e. The van der Waals surface area contributed by atoms with Crippen LogP contribution in [0, 0.1) is 0 Å². The topological polar surface area (TPSA) is 42.2 Å². The summed E-state index contributed by atoms with van der Waals surface area (Å²) in [5.41, 5.74) is 1.07. The van der Waals surface area contributed by atoms with E-state index in [1.54, 1.807) is 0 Å². The molecule has 0 radical (unpaired) electrons. The van der Waals surface area contributed by atoms with Crippen molar-refractivity contribution in [3.8, 4) is 0 Å². The zero-order valence-corrected chi connectivity index (χ0v) is 9.57. The van der Waals surface area contributed by atoms with Crippen LogP contribution in [0.4, 0.5) is 0 Å². The average molecular weight is 268 g/mol. The molecular weight excluding hydrogens is 258 g/mol. The Balaban J connectivity index is 2.32. The Hall–Kier alpha value is -1.29. The van der Waals surface area contributed by atoms with Crippen molar-refractivity contribution < 1.29 is 9.90 Å². The molecule has 0 spiro atoms. The summed E-state index contributed by atoms with van der Waals surface area (Å²) in [4.78, 5) is 10.5. The lowest BCUT2D eigenvalue weighted by Gasteiger charge is -2.02. The normalized spacial score (nSPS) is 10.7. The molecule has 0 unspecified atom stereocenters. The number of carboxylic acid groups (broad SMARTS) is 1. The molecule has 1 heterocycles. The predicted octanol–water partition coefficient (Wildman–Crippen LogP) is 2.88. The van der Waals surface area contributed by atoms with Gasteiger partial charge in [0, 0.05) is 28.1 Å². The van der Waals surface area contributed by atoms with Crippen LogP contribution in [0.5, 0.6) is 0 Å². The Kier molecular flexibility index (Phi) is 2.77. The maximum absolute atomic E-state index is 10.5. The van der Waals surface area contributed by atoms with Crippen molar-refractivity contribution in [3.05, 3.63) is 34.9 Å². The number of aromatic nitrogens is 1. The smallest absolute Gasteiger partial charge is 0.305 e. The second-order valence-electron chi connectivity index (χ2n) is 3.36. The van der Waals surface area contributed by atoms with Crippen LogP contribution in [-0.2, 0) is 11.3 Å². The van der Waals surface area contributed by atoms with Gasteiger partial charge in [0.05, 0.1) is 6.42 Å². The number of carboxylic acids is 1. The number of hydrogen-bond acceptors (Lipinski definition) is 1. The van der Waals surface area contributed by atoms with Gasteiger partial charge in [-0.05, 0) is 24.3 Å². The average Bonchev–Trinajstić information content (AvgIpc) is 2.57. The van der Waals surface area contributed by atoms with E-state index in [2.05, 4.69) is 15.9 Å². The number of hydrogen-bond donors (Lipinski definition) is 1. The van der Waals surface area contributed by atoms with Crippen LogP contribution in [0.1, 0.15) is 6.42 Å². The minimum Gasteiger partial charge on any atom is -0.481 e. The molecule has 1 N–H and O–H groups in total. The third kappa shape index (κ3) is 2.21. The molecular formula is C11H10BrNO2. The van der Waals surface area contributed by atoms with E-state index in [4.69, 9.17) is 5.11 Å². The summed E-state index contributed by atoms with van der Waals surface area (Å²) in [5.74, 6) is -0.769. The fourth-order valence-electron chi connectivity index (χ4n) is 1.58. The number of carbonyl (C=O) groups is 1. The zero-order chi connectivity index (χ0) is 10.8. The molecule has 0 aliphatic carbocycles. The molecule has 0 aliphatic rings. The van der Waals surface area contributed by atoms with Crippen molar-refractivity contribution in [2.45, 2.75) is 13.0 Å². The molecule has 4 heteroatoms. The van der Waals surface area contributed by atoms with E-state index >= 15 is 0 Å². The number of rotatable bonds is 3. The van der Waals surface area contributed by atoms with Gasteiger partial charge < -0.3 is 9.67 Å². The summed E-state index contributed by atoms with van der Waals surface area (Å²) in [6, 6.07) is 7.95. The third-order valence-corrected chi connectivity index (χ3v) is 2.79. The lowest BCUT2D eigenvalue weighted by Crippen LogP contribution is -2.03. The highest BCUT2D eigenvalue weighted by Gasteiger charge is 2.03. The summed E-state index contributed by atoms with van der Waals surface area (Å²) >= 11 is 3.40. The number of aliphatic carboxylic acids is 1. The zero-order valence-electron chi connectivity index (χ0n) is 7.98. The lowest BCUT2D eigenvalue weighted by atomic mass is 10.2. The number of benzene rings is 1. The molecule has 0 saturated carbocycles. The summed E-state index contributed by atoms with van der Waals surface area (Å²) in [7, 11) is 0. The van der Waals surface area contributed by atoms with E-state index in [9.17, 15) is 4.79 Å². The molecule has 78 valence electrons. The maximum atomic E-state index is 10.5. The second-order valence-corrected chi connectivity index (χ2v) is 4.27. The number of halogens is 1. The SMILES string of the molecule is O=C(O)CCn1ccc2cc(Br)ccc21. The van der Waals surface area contributed by atoms with Crippen LogP contribution < -0.4 is 0 Å². The molecule has 2 rings (SSSR count). The summed E-state index contributed by atoms with van der Waals surface area (Å²) in [5, 5.41) is 9.73. The molecule has 0 aliphatic heterocycles. The Labute approximate surface area is 95.5 Å². The molecule has 0 fully saturated rings. The first-order valence-corrected chi connectivity index (χ1v) is 5.42. The fourth-order valence-corrected chi connectivity index (χ4v) is 1.96. The van der Waals surface area contributed by atoms with Crippen molar-refractivity contribution in [1.82, 2.24) is 4.57 Å². The van der Waals surface area contributed by atoms with Crippen molar-refractivity contribution in [2.75, 3.05) is 0 Å². The molecule has 2 aromatic rings. The van der Waals surface area contributed by atoms with Crippen LogP contribution in [0.2, 0.25) is 0 Å². The number of nitrogens with zero attached hydrogens (tertiary/aromatic N) is 1. The van der Waals surface area contributed by atoms with Crippen LogP contribution in [0.15, 0.2) is 34.9 Å². The molecule has 1 aromatic heterocycles. The number of fused-ring (bicyclic) bond motifs is 1. The molecule has 0 saturated heterocycles. The fraction of sp³-hybridized carbons (Fsp3) is 0.182. The van der Waals surface area contributed by atoms with E-state index in [-0.39, 0.29) is 6.42 Å². The minimum absolute atomic E-state index is 0.153. The second kappa shape index (κ2) is 4.06. The minimum atomic E-state index is -0.769. The van der Waals surface area contributed by atoms with Gasteiger partial charge >= 0.3 is 5.97 Å². The van der Waals surface area contributed by atoms with Gasteiger partial charge in [0.15, 0.2) is 0 Å². The van der Waals surface area contributed by atoms with Crippen molar-refractivity contribution in [1.29, 1.82) is 0 Å². The molecule has 3 nitrogen and oxygen atoms in total. The van der Waals surface area contributed by atoms with Crippen LogP contribution in [0.3, 0.4) is 0 Å². The van der Waals surface area contributed by atoms with Crippen LogP contribution >= 0.6 is 15.9 Å². The molecule has 0 bridgehead atoms. The Morgan fingerprint density at radius 3 is 2.93 bits per heavy atom. The Bertz CT molecular complexity index is 504. The highest BCUT2D eigenvalue weighted by Crippen LogP contribution is 2.20. The van der Waals surface area contributed by atoms with E-state index in [1.807, 2.05) is 35.0 Å². The Morgan fingerprint density at radius 2 is 2.20 bits per heavy atom. The standard InChI is InChI=1S/C11H10BrNO2/c12-9-1-2-10-8(7-9)3-5-13(10)6-4-11(14)15/h1-3,5,7H,4,6H2,(H,14,15). The monoisotopic (exact) mass is 267 g/mol. The molecule has 0 atom stereocenters. The summed E-state index contributed by atoms with van der Waals surface area (Å²) < 4.78 is 2.99. The van der Waals surface area contributed by atoms with E-state index in [0.29, 0.717) is 6.54 Å². The van der Waals surface area contributed by atoms with Gasteiger partial charge in [0.25, 0.3) is 0 Å². The highest BCUT2D eigenvalue weighted by atomic mass is 79.9. The van der Waals surface area contributed by atoms with Gasteiger partial charge in [-0.3, -0.25) is 4.79 Å². The van der Waals surface area contributed by atoms with E-state index in [1.165, 1.54) is 0 Å². The Morgan fingerprint density at radius 1 is 1.40 bits per heavy atom. The van der Waals surface area contributed by atoms with Crippen molar-refractivity contribution in [3.63, 3.8) is 0 Å². The molecule has 15 heavy (non-hydrogen) atoms. The quantitative estimate of drug-likeness (QED) is 0.930. The van der Waals surface area contributed by atoms with Gasteiger partial charge in [-0.25, -0.2) is 0 Å². The van der Waals surface area contributed by atoms with E-state index < -0.39 is 5.97 Å². The number of aryl methyl sites for hydroxylation is 1. The largest absolute Gasteiger partial charge is 0.481 e. The molecule has 0 amide bonds. The lowest BCUT2D eigenvalue weighted by molar-refractivity contribution is -0.137. The van der Waals surface area contributed by atoms with Crippen LogP contribution in [-0.4, -0.2) is 15.6 Å². The van der Waals surface area contributed by atoms with Gasteiger partial charge in [-0.1, -0.05) is 15.9 Å². The van der Waals surface area contributed by atoms with Gasteiger partial charge in [0.2, 0.25) is 0 Å². The van der Waals surface area contributed by atoms with Crippen molar-refractivity contribution >= 4 is 32.8 Å². The van der Waals surface area contributed by atoms with E-state index in [0.717, 1.165) is 15.4 Å². The first kappa shape index (κ1) is 10.2. The van der Waals surface area contributed by atoms with Crippen molar-refractivity contribution in [2.24, 2.45) is 0 Å². The first-order chi connectivity index (χ1) is 7.16. The summed E-state index contributed by atoms with van der Waals surface area (Å²) in [6.45, 7) is 0.514. The van der Waals surface area contributed by atoms with Crippen LogP contribution in [0.25, 0.3) is 10.9 Å². The predicted molar refractivity (Wildman–Crippen MR) is 61.9 cm³/mol. The van der Waals surface area contributed by atoms with Gasteiger partial charge in [0.1, 0.15) is 0 Å². The van der Waals surface area contributed by atoms with Gasteiger partial charge in [-0.15, -0.1) is 0 Å². The van der Waals surface area contributed by atoms with Gasteiger partial charge in [-0.2, -0.15) is 0 Å².